The van der Waals surface area contributed by atoms with Crippen molar-refractivity contribution >= 4 is 25.0 Å². The third kappa shape index (κ3) is 7.64. The van der Waals surface area contributed by atoms with Gasteiger partial charge in [-0.1, -0.05) is 18.2 Å². The Kier molecular flexibility index (Phi) is 9.60. The van der Waals surface area contributed by atoms with Crippen molar-refractivity contribution in [3.8, 4) is 17.2 Å². The van der Waals surface area contributed by atoms with Crippen LogP contribution in [0.2, 0.25) is 0 Å². The first-order valence-electron chi connectivity index (χ1n) is 7.60. The number of para-hydroxylation sites is 1. The Hall–Kier alpha value is -1.36. The number of thiol groups is 1. The number of rotatable bonds is 9. The highest BCUT2D eigenvalue weighted by Crippen LogP contribution is 2.23. The summed E-state index contributed by atoms with van der Waals surface area (Å²) in [6.45, 7) is 0.707. The normalized spacial score (nSPS) is 11.4. The number of hydrogen-bond donors (Lipinski definition) is 2. The fraction of sp³-hybridized carbons (Fsp3) is 0.333. The summed E-state index contributed by atoms with van der Waals surface area (Å²) in [7, 11) is 0. The predicted molar refractivity (Wildman–Crippen MR) is 101 cm³/mol. The summed E-state index contributed by atoms with van der Waals surface area (Å²) in [5, 5.41) is 0. The van der Waals surface area contributed by atoms with E-state index in [1.165, 1.54) is 0 Å². The van der Waals surface area contributed by atoms with Crippen molar-refractivity contribution in [1.82, 2.24) is 0 Å². The van der Waals surface area contributed by atoms with Crippen LogP contribution in [-0.2, 0) is 0 Å². The molecule has 3 nitrogen and oxygen atoms in total. The molecule has 1 atom stereocenters. The van der Waals surface area contributed by atoms with Gasteiger partial charge < -0.3 is 15.2 Å². The van der Waals surface area contributed by atoms with E-state index >= 15 is 0 Å². The van der Waals surface area contributed by atoms with Crippen LogP contribution in [0.4, 0.5) is 0 Å². The highest BCUT2D eigenvalue weighted by Gasteiger charge is 2.00. The predicted octanol–water partition coefficient (Wildman–Crippen LogP) is 4.71. The molecule has 0 heterocycles. The van der Waals surface area contributed by atoms with Gasteiger partial charge in [0.25, 0.3) is 0 Å². The van der Waals surface area contributed by atoms with Gasteiger partial charge in [-0.2, -0.15) is 12.6 Å². The summed E-state index contributed by atoms with van der Waals surface area (Å²) in [6.07, 6.45) is 3.07. The van der Waals surface area contributed by atoms with Crippen molar-refractivity contribution in [3.63, 3.8) is 0 Å². The molecule has 0 bridgehead atoms. The molecule has 0 aliphatic heterocycles. The molecule has 2 N–H and O–H groups in total. The van der Waals surface area contributed by atoms with Gasteiger partial charge in [0.15, 0.2) is 0 Å². The van der Waals surface area contributed by atoms with E-state index in [1.807, 2.05) is 54.6 Å². The van der Waals surface area contributed by atoms with Crippen molar-refractivity contribution in [1.29, 1.82) is 0 Å². The summed E-state index contributed by atoms with van der Waals surface area (Å²) < 4.78 is 11.4. The number of nitrogens with two attached hydrogens (primary N) is 1. The molecule has 2 aromatic rings. The maximum Gasteiger partial charge on any atom is 0.127 e. The summed E-state index contributed by atoms with van der Waals surface area (Å²) >= 11 is 4.17. The van der Waals surface area contributed by atoms with E-state index in [-0.39, 0.29) is 18.4 Å². The number of halogens is 1. The lowest BCUT2D eigenvalue weighted by molar-refractivity contribution is 0.303. The molecule has 0 unspecified atom stereocenters. The molecule has 0 aliphatic carbocycles. The van der Waals surface area contributed by atoms with Crippen molar-refractivity contribution in [2.75, 3.05) is 12.4 Å². The second-order valence-corrected chi connectivity index (χ2v) is 5.54. The number of hydrogen-bond acceptors (Lipinski definition) is 4. The third-order valence-electron chi connectivity index (χ3n) is 3.28. The van der Waals surface area contributed by atoms with E-state index in [0.29, 0.717) is 6.61 Å². The third-order valence-corrected chi connectivity index (χ3v) is 3.74. The van der Waals surface area contributed by atoms with Gasteiger partial charge in [-0.25, -0.2) is 0 Å². The van der Waals surface area contributed by atoms with Gasteiger partial charge in [-0.15, -0.1) is 12.4 Å². The zero-order valence-corrected chi connectivity index (χ0v) is 14.8. The Labute approximate surface area is 150 Å². The lowest BCUT2D eigenvalue weighted by Crippen LogP contribution is -2.21. The lowest BCUT2D eigenvalue weighted by Gasteiger charge is -2.10. The van der Waals surface area contributed by atoms with Gasteiger partial charge in [0.2, 0.25) is 0 Å². The SMILES string of the molecule is Cl.N[C@@H](CS)CCCCOc1ccc(Oc2ccccc2)cc1. The van der Waals surface area contributed by atoms with E-state index in [1.54, 1.807) is 0 Å². The molecule has 0 spiro atoms. The fourth-order valence-corrected chi connectivity index (χ4v) is 2.20. The average molecular weight is 354 g/mol. The van der Waals surface area contributed by atoms with E-state index in [4.69, 9.17) is 15.2 Å². The number of benzene rings is 2. The Balaban J connectivity index is 0.00000264. The summed E-state index contributed by atoms with van der Waals surface area (Å²) in [4.78, 5) is 0. The zero-order chi connectivity index (χ0) is 15.6. The van der Waals surface area contributed by atoms with Crippen molar-refractivity contribution < 1.29 is 9.47 Å². The van der Waals surface area contributed by atoms with Gasteiger partial charge in [-0.05, 0) is 55.7 Å². The standard InChI is InChI=1S/C18H23NO2S.ClH/c19-15(14-22)6-4-5-13-20-16-9-11-18(12-10-16)21-17-7-2-1-3-8-17;/h1-3,7-12,15,22H,4-6,13-14,19H2;1H/t15-;/m1./s1. The molecule has 0 fully saturated rings. The molecule has 2 rings (SSSR count). The van der Waals surface area contributed by atoms with Crippen LogP contribution in [0.1, 0.15) is 19.3 Å². The minimum Gasteiger partial charge on any atom is -0.494 e. The molecule has 23 heavy (non-hydrogen) atoms. The molecule has 0 saturated carbocycles. The second-order valence-electron chi connectivity index (χ2n) is 5.17. The molecular formula is C18H24ClNO2S. The monoisotopic (exact) mass is 353 g/mol. The lowest BCUT2D eigenvalue weighted by atomic mass is 10.1. The van der Waals surface area contributed by atoms with Gasteiger partial charge >= 0.3 is 0 Å². The van der Waals surface area contributed by atoms with E-state index in [0.717, 1.165) is 42.3 Å². The van der Waals surface area contributed by atoms with Crippen LogP contribution in [0.25, 0.3) is 0 Å². The molecule has 0 saturated heterocycles. The van der Waals surface area contributed by atoms with Gasteiger partial charge in [0.05, 0.1) is 6.61 Å². The maximum atomic E-state index is 5.82. The van der Waals surface area contributed by atoms with Gasteiger partial charge in [0.1, 0.15) is 17.2 Å². The number of unbranched alkanes of at least 4 members (excludes halogenated alkanes) is 1. The van der Waals surface area contributed by atoms with Crippen LogP contribution in [0, 0.1) is 0 Å². The average Bonchev–Trinajstić information content (AvgIpc) is 2.57. The highest BCUT2D eigenvalue weighted by atomic mass is 35.5. The van der Waals surface area contributed by atoms with E-state index < -0.39 is 0 Å². The van der Waals surface area contributed by atoms with Crippen molar-refractivity contribution in [3.05, 3.63) is 54.6 Å². The summed E-state index contributed by atoms with van der Waals surface area (Å²) in [5.41, 5.74) is 5.82. The Morgan fingerprint density at radius 3 is 2.13 bits per heavy atom. The summed E-state index contributed by atoms with van der Waals surface area (Å²) in [5.74, 6) is 3.23. The quantitative estimate of drug-likeness (QED) is 0.507. The van der Waals surface area contributed by atoms with Crippen LogP contribution in [-0.4, -0.2) is 18.4 Å². The molecule has 0 amide bonds. The fourth-order valence-electron chi connectivity index (χ4n) is 2.02. The van der Waals surface area contributed by atoms with E-state index in [9.17, 15) is 0 Å². The van der Waals surface area contributed by atoms with Crippen LogP contribution in [0.15, 0.2) is 54.6 Å². The van der Waals surface area contributed by atoms with Crippen LogP contribution >= 0.6 is 25.0 Å². The first kappa shape index (κ1) is 19.7. The van der Waals surface area contributed by atoms with Crippen LogP contribution < -0.4 is 15.2 Å². The van der Waals surface area contributed by atoms with E-state index in [2.05, 4.69) is 12.6 Å². The van der Waals surface area contributed by atoms with Crippen molar-refractivity contribution in [2.24, 2.45) is 5.73 Å². The van der Waals surface area contributed by atoms with Crippen LogP contribution in [0.5, 0.6) is 17.2 Å². The molecular weight excluding hydrogens is 330 g/mol. The maximum absolute atomic E-state index is 5.82. The molecule has 0 radical (unpaired) electrons. The van der Waals surface area contributed by atoms with Crippen molar-refractivity contribution in [2.45, 2.75) is 25.3 Å². The Morgan fingerprint density at radius 1 is 0.870 bits per heavy atom. The number of ether oxygens (including phenoxy) is 2. The minimum atomic E-state index is 0. The largest absolute Gasteiger partial charge is 0.494 e. The van der Waals surface area contributed by atoms with Crippen LogP contribution in [0.3, 0.4) is 0 Å². The molecule has 126 valence electrons. The smallest absolute Gasteiger partial charge is 0.127 e. The molecule has 0 aromatic heterocycles. The molecule has 0 aliphatic rings. The minimum absolute atomic E-state index is 0. The first-order valence-corrected chi connectivity index (χ1v) is 8.23. The zero-order valence-electron chi connectivity index (χ0n) is 13.1. The van der Waals surface area contributed by atoms with Gasteiger partial charge in [-0.3, -0.25) is 0 Å². The Morgan fingerprint density at radius 2 is 1.48 bits per heavy atom. The molecule has 2 aromatic carbocycles. The summed E-state index contributed by atoms with van der Waals surface area (Å²) in [6, 6.07) is 17.6. The second kappa shape index (κ2) is 11.2. The molecule has 5 heteroatoms. The van der Waals surface area contributed by atoms with Gasteiger partial charge in [0, 0.05) is 11.8 Å². The first-order chi connectivity index (χ1) is 10.8. The topological polar surface area (TPSA) is 44.5 Å². The highest BCUT2D eigenvalue weighted by molar-refractivity contribution is 7.80. The Bertz CT molecular complexity index is 536.